The third kappa shape index (κ3) is 3.79. The Hall–Kier alpha value is -2.41. The molecule has 0 saturated heterocycles. The molecule has 0 aliphatic heterocycles. The van der Waals surface area contributed by atoms with Gasteiger partial charge in [-0.25, -0.2) is 9.59 Å². The maximum Gasteiger partial charge on any atom is 0.335 e. The first-order valence-electron chi connectivity index (χ1n) is 5.93. The molecule has 0 heterocycles. The van der Waals surface area contributed by atoms with Crippen LogP contribution in [-0.2, 0) is 14.3 Å². The summed E-state index contributed by atoms with van der Waals surface area (Å²) in [5, 5.41) is 11.3. The number of ether oxygens (including phenoxy) is 1. The van der Waals surface area contributed by atoms with E-state index >= 15 is 0 Å². The highest BCUT2D eigenvalue weighted by Gasteiger charge is 2.24. The third-order valence-electron chi connectivity index (χ3n) is 2.57. The highest BCUT2D eigenvalue weighted by atomic mass is 16.5. The SMILES string of the molecule is CCOC(=O)C(N)C(=O)Nc1cc(C(=O)O)ccc1C. The Balaban J connectivity index is 2.87. The number of carbonyl (C=O) groups is 3. The van der Waals surface area contributed by atoms with Crippen LogP contribution in [0, 0.1) is 6.92 Å². The molecule has 1 rings (SSSR count). The molecule has 1 atom stereocenters. The van der Waals surface area contributed by atoms with E-state index in [0.717, 1.165) is 0 Å². The lowest BCUT2D eigenvalue weighted by Crippen LogP contribution is -2.43. The summed E-state index contributed by atoms with van der Waals surface area (Å²) in [4.78, 5) is 34.0. The monoisotopic (exact) mass is 280 g/mol. The smallest absolute Gasteiger partial charge is 0.335 e. The molecule has 1 unspecified atom stereocenters. The van der Waals surface area contributed by atoms with E-state index in [4.69, 9.17) is 10.8 Å². The van der Waals surface area contributed by atoms with Crippen molar-refractivity contribution in [2.45, 2.75) is 19.9 Å². The molecule has 0 aromatic heterocycles. The molecule has 4 N–H and O–H groups in total. The number of esters is 1. The second kappa shape index (κ2) is 6.67. The number of nitrogens with one attached hydrogen (secondary N) is 1. The van der Waals surface area contributed by atoms with Crippen LogP contribution >= 0.6 is 0 Å². The zero-order valence-corrected chi connectivity index (χ0v) is 11.2. The summed E-state index contributed by atoms with van der Waals surface area (Å²) in [6.45, 7) is 3.41. The van der Waals surface area contributed by atoms with Gasteiger partial charge in [-0.1, -0.05) is 6.07 Å². The van der Waals surface area contributed by atoms with Gasteiger partial charge in [-0.05, 0) is 31.5 Å². The lowest BCUT2D eigenvalue weighted by atomic mass is 10.1. The molecule has 108 valence electrons. The zero-order chi connectivity index (χ0) is 15.3. The summed E-state index contributed by atoms with van der Waals surface area (Å²) in [7, 11) is 0. The van der Waals surface area contributed by atoms with Crippen molar-refractivity contribution >= 4 is 23.5 Å². The number of hydrogen-bond acceptors (Lipinski definition) is 5. The van der Waals surface area contributed by atoms with Crippen molar-refractivity contribution in [3.8, 4) is 0 Å². The molecular weight excluding hydrogens is 264 g/mol. The Bertz CT molecular complexity index is 542. The Morgan fingerprint density at radius 2 is 2.05 bits per heavy atom. The molecule has 20 heavy (non-hydrogen) atoms. The van der Waals surface area contributed by atoms with E-state index in [1.54, 1.807) is 19.9 Å². The summed E-state index contributed by atoms with van der Waals surface area (Å²) in [5.41, 5.74) is 6.40. The number of hydrogen-bond donors (Lipinski definition) is 3. The standard InChI is InChI=1S/C13H16N2O5/c1-3-20-13(19)10(14)11(16)15-9-6-8(12(17)18)5-4-7(9)2/h4-6,10H,3,14H2,1-2H3,(H,15,16)(H,17,18). The first-order valence-corrected chi connectivity index (χ1v) is 5.93. The minimum Gasteiger partial charge on any atom is -0.478 e. The fraction of sp³-hybridized carbons (Fsp3) is 0.308. The summed E-state index contributed by atoms with van der Waals surface area (Å²) >= 11 is 0. The summed E-state index contributed by atoms with van der Waals surface area (Å²) < 4.78 is 4.64. The molecular formula is C13H16N2O5. The van der Waals surface area contributed by atoms with E-state index in [1.807, 2.05) is 0 Å². The number of carboxylic acid groups (broad SMARTS) is 1. The van der Waals surface area contributed by atoms with E-state index in [0.29, 0.717) is 5.56 Å². The van der Waals surface area contributed by atoms with Crippen molar-refractivity contribution in [1.82, 2.24) is 0 Å². The quantitative estimate of drug-likeness (QED) is 0.534. The number of benzene rings is 1. The Morgan fingerprint density at radius 3 is 2.60 bits per heavy atom. The van der Waals surface area contributed by atoms with Gasteiger partial charge in [0.1, 0.15) is 0 Å². The molecule has 0 saturated carbocycles. The first kappa shape index (κ1) is 15.6. The summed E-state index contributed by atoms with van der Waals surface area (Å²) in [6.07, 6.45) is 0. The van der Waals surface area contributed by atoms with Gasteiger partial charge in [-0.3, -0.25) is 4.79 Å². The molecule has 7 nitrogen and oxygen atoms in total. The zero-order valence-electron chi connectivity index (χ0n) is 11.2. The number of nitrogens with two attached hydrogens (primary N) is 1. The van der Waals surface area contributed by atoms with Gasteiger partial charge < -0.3 is 20.9 Å². The number of aromatic carboxylic acids is 1. The Kier molecular flexibility index (Phi) is 5.22. The van der Waals surface area contributed by atoms with E-state index in [9.17, 15) is 14.4 Å². The van der Waals surface area contributed by atoms with E-state index < -0.39 is 23.9 Å². The highest BCUT2D eigenvalue weighted by Crippen LogP contribution is 2.17. The molecule has 1 aromatic carbocycles. The maximum absolute atomic E-state index is 11.8. The van der Waals surface area contributed by atoms with Gasteiger partial charge in [0.15, 0.2) is 6.04 Å². The van der Waals surface area contributed by atoms with Crippen molar-refractivity contribution in [2.24, 2.45) is 5.73 Å². The largest absolute Gasteiger partial charge is 0.478 e. The second-order valence-electron chi connectivity index (χ2n) is 4.05. The average Bonchev–Trinajstić information content (AvgIpc) is 2.40. The van der Waals surface area contributed by atoms with Crippen molar-refractivity contribution in [3.63, 3.8) is 0 Å². The normalized spacial score (nSPS) is 11.6. The molecule has 7 heteroatoms. The van der Waals surface area contributed by atoms with E-state index in [-0.39, 0.29) is 17.9 Å². The predicted octanol–water partition coefficient (Wildman–Crippen LogP) is 0.522. The molecule has 1 amide bonds. The first-order chi connectivity index (χ1) is 9.36. The van der Waals surface area contributed by atoms with Gasteiger partial charge in [0.05, 0.1) is 12.2 Å². The van der Waals surface area contributed by atoms with E-state index in [2.05, 4.69) is 10.1 Å². The molecule has 0 aliphatic carbocycles. The van der Waals surface area contributed by atoms with Crippen molar-refractivity contribution < 1.29 is 24.2 Å². The lowest BCUT2D eigenvalue weighted by molar-refractivity contribution is -0.146. The van der Waals surface area contributed by atoms with Gasteiger partial charge in [0, 0.05) is 5.69 Å². The molecule has 0 spiro atoms. The predicted molar refractivity (Wildman–Crippen MR) is 71.4 cm³/mol. The average molecular weight is 280 g/mol. The van der Waals surface area contributed by atoms with Crippen LogP contribution in [0.25, 0.3) is 0 Å². The lowest BCUT2D eigenvalue weighted by Gasteiger charge is -2.13. The number of carbonyl (C=O) groups excluding carboxylic acids is 2. The Morgan fingerprint density at radius 1 is 1.40 bits per heavy atom. The Labute approximate surface area is 115 Å². The van der Waals surface area contributed by atoms with Gasteiger partial charge >= 0.3 is 11.9 Å². The fourth-order valence-electron chi connectivity index (χ4n) is 1.44. The molecule has 0 aliphatic rings. The number of aryl methyl sites for hydroxylation is 1. The van der Waals surface area contributed by atoms with Crippen LogP contribution < -0.4 is 11.1 Å². The minimum absolute atomic E-state index is 0.0237. The van der Waals surface area contributed by atoms with Crippen LogP contribution in [0.15, 0.2) is 18.2 Å². The maximum atomic E-state index is 11.8. The second-order valence-corrected chi connectivity index (χ2v) is 4.05. The van der Waals surface area contributed by atoms with Crippen molar-refractivity contribution in [2.75, 3.05) is 11.9 Å². The topological polar surface area (TPSA) is 119 Å². The summed E-state index contributed by atoms with van der Waals surface area (Å²) in [6, 6.07) is 2.81. The fourth-order valence-corrected chi connectivity index (χ4v) is 1.44. The number of carboxylic acids is 1. The number of rotatable bonds is 5. The van der Waals surface area contributed by atoms with Crippen molar-refractivity contribution in [1.29, 1.82) is 0 Å². The molecule has 0 radical (unpaired) electrons. The van der Waals surface area contributed by atoms with Crippen LogP contribution in [-0.4, -0.2) is 35.6 Å². The van der Waals surface area contributed by atoms with Gasteiger partial charge in [0.25, 0.3) is 5.91 Å². The highest BCUT2D eigenvalue weighted by molar-refractivity contribution is 6.08. The van der Waals surface area contributed by atoms with Crippen LogP contribution in [0.3, 0.4) is 0 Å². The van der Waals surface area contributed by atoms with Gasteiger partial charge in [-0.2, -0.15) is 0 Å². The number of anilines is 1. The minimum atomic E-state index is -1.46. The van der Waals surface area contributed by atoms with Crippen LogP contribution in [0.4, 0.5) is 5.69 Å². The van der Waals surface area contributed by atoms with Crippen LogP contribution in [0.1, 0.15) is 22.8 Å². The molecule has 0 fully saturated rings. The third-order valence-corrected chi connectivity index (χ3v) is 2.57. The van der Waals surface area contributed by atoms with Gasteiger partial charge in [-0.15, -0.1) is 0 Å². The number of amides is 1. The summed E-state index contributed by atoms with van der Waals surface area (Å²) in [5.74, 6) is -2.71. The molecule has 0 bridgehead atoms. The van der Waals surface area contributed by atoms with Crippen LogP contribution in [0.2, 0.25) is 0 Å². The van der Waals surface area contributed by atoms with Crippen molar-refractivity contribution in [3.05, 3.63) is 29.3 Å². The van der Waals surface area contributed by atoms with E-state index in [1.165, 1.54) is 12.1 Å². The molecule has 1 aromatic rings. The van der Waals surface area contributed by atoms with Gasteiger partial charge in [0.2, 0.25) is 0 Å². The van der Waals surface area contributed by atoms with Crippen LogP contribution in [0.5, 0.6) is 0 Å².